The minimum atomic E-state index is -0.488. The smallest absolute Gasteiger partial charge is 0.339 e. The van der Waals surface area contributed by atoms with Gasteiger partial charge in [-0.05, 0) is 34.1 Å². The van der Waals surface area contributed by atoms with E-state index >= 15 is 0 Å². The van der Waals surface area contributed by atoms with Crippen molar-refractivity contribution in [2.24, 2.45) is 10.9 Å². The number of nitrogens with two attached hydrogens (primary N) is 1. The molecule has 0 unspecified atom stereocenters. The van der Waals surface area contributed by atoms with Crippen LogP contribution in [0.3, 0.4) is 0 Å². The number of carbonyl (C=O) groups is 1. The summed E-state index contributed by atoms with van der Waals surface area (Å²) < 4.78 is 4.60. The van der Waals surface area contributed by atoms with Gasteiger partial charge in [0.2, 0.25) is 0 Å². The molecule has 0 aliphatic rings. The summed E-state index contributed by atoms with van der Waals surface area (Å²) >= 11 is 0. The van der Waals surface area contributed by atoms with E-state index in [-0.39, 0.29) is 12.3 Å². The monoisotopic (exact) mass is 296 g/mol. The number of hydrogen-bond acceptors (Lipinski definition) is 6. The van der Waals surface area contributed by atoms with Gasteiger partial charge in [-0.15, -0.1) is 0 Å². The van der Waals surface area contributed by atoms with Gasteiger partial charge >= 0.3 is 5.97 Å². The molecule has 22 heavy (non-hydrogen) atoms. The van der Waals surface area contributed by atoms with E-state index in [0.717, 1.165) is 5.56 Å². The fraction of sp³-hybridized carbons (Fsp3) is 0.0667. The van der Waals surface area contributed by atoms with Crippen molar-refractivity contribution in [3.8, 4) is 0 Å². The van der Waals surface area contributed by atoms with Gasteiger partial charge in [0.25, 0.3) is 0 Å². The molecule has 0 aliphatic heterocycles. The molecular weight excluding hydrogens is 284 g/mol. The first-order valence-corrected chi connectivity index (χ1v) is 6.52. The molecule has 1 heterocycles. The quantitative estimate of drug-likeness (QED) is 0.339. The van der Waals surface area contributed by atoms with E-state index in [1.54, 1.807) is 18.2 Å². The molecule has 0 amide bonds. The van der Waals surface area contributed by atoms with Crippen molar-refractivity contribution in [1.82, 2.24) is 10.3 Å². The summed E-state index contributed by atoms with van der Waals surface area (Å²) in [5.74, 6) is -0.412. The molecule has 2 N–H and O–H groups in total. The maximum Gasteiger partial charge on any atom is 0.339 e. The van der Waals surface area contributed by atoms with Crippen LogP contribution in [0.4, 0.5) is 0 Å². The second-order valence-electron chi connectivity index (χ2n) is 4.57. The first kappa shape index (κ1) is 13.7. The third kappa shape index (κ3) is 3.09. The molecule has 1 aromatic heterocycles. The number of carbonyl (C=O) groups excluding carboxylic acids is 1. The van der Waals surface area contributed by atoms with Crippen LogP contribution in [0.2, 0.25) is 0 Å². The van der Waals surface area contributed by atoms with E-state index < -0.39 is 5.97 Å². The molecule has 0 spiro atoms. The topological polar surface area (TPSA) is 104 Å². The zero-order valence-corrected chi connectivity index (χ0v) is 11.5. The summed E-state index contributed by atoms with van der Waals surface area (Å²) in [6.07, 6.45) is 0.129. The Hall–Kier alpha value is -3.22. The molecule has 0 saturated heterocycles. The standard InChI is InChI=1S/C15H12N4O3/c16-15(11-6-7-12-13(9-11)18-22-17-12)19-21-14(20)8-10-4-2-1-3-5-10/h1-7,9H,8H2,(H2,16,19). The van der Waals surface area contributed by atoms with Crippen molar-refractivity contribution >= 4 is 22.8 Å². The highest BCUT2D eigenvalue weighted by atomic mass is 16.7. The normalized spacial score (nSPS) is 11.5. The summed E-state index contributed by atoms with van der Waals surface area (Å²) in [5, 5.41) is 11.0. The van der Waals surface area contributed by atoms with Crippen molar-refractivity contribution in [2.75, 3.05) is 0 Å². The van der Waals surface area contributed by atoms with Crippen LogP contribution in [0, 0.1) is 0 Å². The van der Waals surface area contributed by atoms with Crippen molar-refractivity contribution in [2.45, 2.75) is 6.42 Å². The number of oxime groups is 1. The summed E-state index contributed by atoms with van der Waals surface area (Å²) in [5.41, 5.74) is 8.36. The zero-order valence-electron chi connectivity index (χ0n) is 11.5. The van der Waals surface area contributed by atoms with Gasteiger partial charge in [0.15, 0.2) is 5.84 Å². The molecule has 110 valence electrons. The molecule has 3 rings (SSSR count). The number of benzene rings is 2. The van der Waals surface area contributed by atoms with Gasteiger partial charge in [-0.2, -0.15) is 0 Å². The number of hydrogen-bond donors (Lipinski definition) is 1. The molecule has 3 aromatic rings. The summed E-state index contributed by atoms with van der Waals surface area (Å²) in [7, 11) is 0. The van der Waals surface area contributed by atoms with E-state index in [1.807, 2.05) is 30.3 Å². The van der Waals surface area contributed by atoms with Crippen LogP contribution in [-0.2, 0) is 16.1 Å². The van der Waals surface area contributed by atoms with Crippen LogP contribution < -0.4 is 5.73 Å². The molecule has 2 aromatic carbocycles. The lowest BCUT2D eigenvalue weighted by Gasteiger charge is -2.01. The Labute approximate surface area is 125 Å². The zero-order chi connectivity index (χ0) is 15.4. The average molecular weight is 296 g/mol. The summed E-state index contributed by atoms with van der Waals surface area (Å²) in [4.78, 5) is 16.5. The number of rotatable bonds is 4. The Kier molecular flexibility index (Phi) is 3.78. The minimum absolute atomic E-state index is 0.0753. The van der Waals surface area contributed by atoms with Crippen molar-refractivity contribution in [1.29, 1.82) is 0 Å². The molecular formula is C15H12N4O3. The molecule has 0 saturated carbocycles. The lowest BCUT2D eigenvalue weighted by molar-refractivity contribution is -0.142. The average Bonchev–Trinajstić information content (AvgIpc) is 3.01. The van der Waals surface area contributed by atoms with E-state index in [0.29, 0.717) is 16.6 Å². The number of amidine groups is 1. The van der Waals surface area contributed by atoms with Crippen LogP contribution >= 0.6 is 0 Å². The fourth-order valence-electron chi connectivity index (χ4n) is 1.89. The SMILES string of the molecule is N/C(=N\OC(=O)Cc1ccccc1)c1ccc2nonc2c1. The van der Waals surface area contributed by atoms with Gasteiger partial charge in [-0.3, -0.25) is 0 Å². The third-order valence-corrected chi connectivity index (χ3v) is 2.99. The Bertz CT molecular complexity index is 827. The van der Waals surface area contributed by atoms with Crippen molar-refractivity contribution < 1.29 is 14.3 Å². The third-order valence-electron chi connectivity index (χ3n) is 2.99. The second kappa shape index (κ2) is 6.04. The molecule has 7 heteroatoms. The molecule has 0 atom stereocenters. The highest BCUT2D eigenvalue weighted by Crippen LogP contribution is 2.11. The Balaban J connectivity index is 1.67. The maximum absolute atomic E-state index is 11.7. The molecule has 0 bridgehead atoms. The van der Waals surface area contributed by atoms with E-state index in [4.69, 9.17) is 10.6 Å². The maximum atomic E-state index is 11.7. The van der Waals surface area contributed by atoms with E-state index in [2.05, 4.69) is 20.1 Å². The summed E-state index contributed by atoms with van der Waals surface area (Å²) in [6, 6.07) is 14.3. The number of aromatic nitrogens is 2. The molecule has 0 fully saturated rings. The first-order chi connectivity index (χ1) is 10.7. The number of fused-ring (bicyclic) bond motifs is 1. The van der Waals surface area contributed by atoms with Crippen LogP contribution in [0.1, 0.15) is 11.1 Å². The summed E-state index contributed by atoms with van der Waals surface area (Å²) in [6.45, 7) is 0. The van der Waals surface area contributed by atoms with Gasteiger partial charge in [0.05, 0.1) is 6.42 Å². The highest BCUT2D eigenvalue weighted by Gasteiger charge is 2.08. The fourth-order valence-corrected chi connectivity index (χ4v) is 1.89. The Morgan fingerprint density at radius 2 is 1.91 bits per heavy atom. The van der Waals surface area contributed by atoms with Crippen LogP contribution in [0.15, 0.2) is 58.3 Å². The largest absolute Gasteiger partial charge is 0.380 e. The predicted octanol–water partition coefficient (Wildman–Crippen LogP) is 1.63. The molecule has 0 aliphatic carbocycles. The lowest BCUT2D eigenvalue weighted by atomic mass is 10.2. The minimum Gasteiger partial charge on any atom is -0.380 e. The predicted molar refractivity (Wildman–Crippen MR) is 78.8 cm³/mol. The van der Waals surface area contributed by atoms with Crippen LogP contribution in [0.25, 0.3) is 11.0 Å². The van der Waals surface area contributed by atoms with Crippen molar-refractivity contribution in [3.63, 3.8) is 0 Å². The van der Waals surface area contributed by atoms with Crippen LogP contribution in [-0.4, -0.2) is 22.1 Å². The molecule has 7 nitrogen and oxygen atoms in total. The molecule has 0 radical (unpaired) electrons. The lowest BCUT2D eigenvalue weighted by Crippen LogP contribution is -2.15. The second-order valence-corrected chi connectivity index (χ2v) is 4.57. The first-order valence-electron chi connectivity index (χ1n) is 6.52. The van der Waals surface area contributed by atoms with Crippen molar-refractivity contribution in [3.05, 3.63) is 59.7 Å². The van der Waals surface area contributed by atoms with Gasteiger partial charge in [0, 0.05) is 5.56 Å². The van der Waals surface area contributed by atoms with Crippen LogP contribution in [0.5, 0.6) is 0 Å². The van der Waals surface area contributed by atoms with Gasteiger partial charge in [-0.25, -0.2) is 9.42 Å². The highest BCUT2D eigenvalue weighted by molar-refractivity contribution is 5.99. The van der Waals surface area contributed by atoms with Gasteiger partial charge < -0.3 is 10.6 Å². The van der Waals surface area contributed by atoms with Gasteiger partial charge in [0.1, 0.15) is 11.0 Å². The van der Waals surface area contributed by atoms with Gasteiger partial charge in [-0.1, -0.05) is 35.5 Å². The Morgan fingerprint density at radius 3 is 2.73 bits per heavy atom. The number of nitrogens with zero attached hydrogens (tertiary/aromatic N) is 3. The Morgan fingerprint density at radius 1 is 1.14 bits per heavy atom. The van der Waals surface area contributed by atoms with E-state index in [1.165, 1.54) is 0 Å². The van der Waals surface area contributed by atoms with E-state index in [9.17, 15) is 4.79 Å².